The molecule has 0 radical (unpaired) electrons. The number of aromatic nitrogens is 2. The largest absolute Gasteiger partial charge is 0.357 e. The Morgan fingerprint density at radius 2 is 2.21 bits per heavy atom. The second-order valence-corrected chi connectivity index (χ2v) is 7.49. The first-order chi connectivity index (χ1) is 11.5. The Bertz CT molecular complexity index is 745. The van der Waals surface area contributed by atoms with E-state index in [1.54, 1.807) is 37.3 Å². The SMILES string of the molecule is C=CCNc1nnc(S[C@H](C)C(=O)Nc2cccc(C(C)=O)c2)s1. The Balaban J connectivity index is 1.94. The molecule has 1 aromatic heterocycles. The van der Waals surface area contributed by atoms with Gasteiger partial charge >= 0.3 is 0 Å². The van der Waals surface area contributed by atoms with Crippen molar-refractivity contribution in [2.45, 2.75) is 23.4 Å². The fourth-order valence-corrected chi connectivity index (χ4v) is 3.66. The van der Waals surface area contributed by atoms with Gasteiger partial charge in [-0.2, -0.15) is 0 Å². The van der Waals surface area contributed by atoms with Crippen molar-refractivity contribution in [3.63, 3.8) is 0 Å². The van der Waals surface area contributed by atoms with Crippen molar-refractivity contribution < 1.29 is 9.59 Å². The molecule has 0 fully saturated rings. The van der Waals surface area contributed by atoms with E-state index in [1.165, 1.54) is 30.0 Å². The predicted molar refractivity (Wildman–Crippen MR) is 99.0 cm³/mol. The standard InChI is InChI=1S/C16H18N4O2S2/c1-4-8-17-15-19-20-16(24-15)23-11(3)14(22)18-13-7-5-6-12(9-13)10(2)21/h4-7,9,11H,1,8H2,2-3H3,(H,17,19)(H,18,22)/t11-/m1/s1. The second-order valence-electron chi connectivity index (χ2n) is 4.93. The van der Waals surface area contributed by atoms with E-state index in [2.05, 4.69) is 27.4 Å². The quantitative estimate of drug-likeness (QED) is 0.425. The number of nitrogens with one attached hydrogen (secondary N) is 2. The average molecular weight is 362 g/mol. The third-order valence-corrected chi connectivity index (χ3v) is 5.05. The molecule has 0 aliphatic heterocycles. The second kappa shape index (κ2) is 8.60. The van der Waals surface area contributed by atoms with Crippen LogP contribution in [0.25, 0.3) is 0 Å². The molecule has 0 unspecified atom stereocenters. The molecule has 2 N–H and O–H groups in total. The van der Waals surface area contributed by atoms with Gasteiger partial charge in [0.05, 0.1) is 5.25 Å². The van der Waals surface area contributed by atoms with Crippen LogP contribution in [0.4, 0.5) is 10.8 Å². The van der Waals surface area contributed by atoms with Crippen molar-refractivity contribution in [3.05, 3.63) is 42.5 Å². The first-order valence-electron chi connectivity index (χ1n) is 7.26. The number of amides is 1. The van der Waals surface area contributed by atoms with Crippen molar-refractivity contribution in [1.29, 1.82) is 0 Å². The summed E-state index contributed by atoms with van der Waals surface area (Å²) in [5.74, 6) is -0.196. The van der Waals surface area contributed by atoms with Gasteiger partial charge in [0.1, 0.15) is 0 Å². The van der Waals surface area contributed by atoms with Crippen LogP contribution in [0.3, 0.4) is 0 Å². The van der Waals surface area contributed by atoms with Crippen molar-refractivity contribution in [1.82, 2.24) is 10.2 Å². The zero-order valence-electron chi connectivity index (χ0n) is 13.4. The molecular weight excluding hydrogens is 344 g/mol. The zero-order chi connectivity index (χ0) is 17.5. The maximum absolute atomic E-state index is 12.3. The van der Waals surface area contributed by atoms with E-state index in [-0.39, 0.29) is 16.9 Å². The lowest BCUT2D eigenvalue weighted by Gasteiger charge is -2.10. The molecule has 24 heavy (non-hydrogen) atoms. The van der Waals surface area contributed by atoms with Crippen LogP contribution in [0.1, 0.15) is 24.2 Å². The molecule has 0 aliphatic carbocycles. The number of carbonyl (C=O) groups excluding carboxylic acids is 2. The van der Waals surface area contributed by atoms with Gasteiger partial charge in [0, 0.05) is 17.8 Å². The number of thioether (sulfide) groups is 1. The highest BCUT2D eigenvalue weighted by Crippen LogP contribution is 2.29. The minimum absolute atomic E-state index is 0.0399. The van der Waals surface area contributed by atoms with Crippen LogP contribution < -0.4 is 10.6 Å². The highest BCUT2D eigenvalue weighted by atomic mass is 32.2. The number of hydrogen-bond acceptors (Lipinski definition) is 7. The van der Waals surface area contributed by atoms with Gasteiger partial charge in [-0.1, -0.05) is 41.3 Å². The molecule has 2 rings (SSSR count). The Hall–Kier alpha value is -2.19. The minimum Gasteiger partial charge on any atom is -0.357 e. The summed E-state index contributed by atoms with van der Waals surface area (Å²) in [6.07, 6.45) is 1.74. The summed E-state index contributed by atoms with van der Waals surface area (Å²) in [5.41, 5.74) is 1.17. The lowest BCUT2D eigenvalue weighted by molar-refractivity contribution is -0.115. The highest BCUT2D eigenvalue weighted by Gasteiger charge is 2.17. The molecule has 8 heteroatoms. The maximum atomic E-state index is 12.3. The molecule has 0 spiro atoms. The molecule has 1 atom stereocenters. The normalized spacial score (nSPS) is 11.6. The van der Waals surface area contributed by atoms with E-state index in [4.69, 9.17) is 0 Å². The number of benzene rings is 1. The topological polar surface area (TPSA) is 84.0 Å². The number of anilines is 2. The van der Waals surface area contributed by atoms with Gasteiger partial charge in [-0.05, 0) is 26.0 Å². The Kier molecular flexibility index (Phi) is 6.51. The van der Waals surface area contributed by atoms with Gasteiger partial charge < -0.3 is 10.6 Å². The maximum Gasteiger partial charge on any atom is 0.237 e. The van der Waals surface area contributed by atoms with Crippen molar-refractivity contribution in [2.75, 3.05) is 17.2 Å². The predicted octanol–water partition coefficient (Wildman–Crippen LogP) is 3.46. The van der Waals surface area contributed by atoms with Crippen LogP contribution >= 0.6 is 23.1 Å². The van der Waals surface area contributed by atoms with Gasteiger partial charge in [-0.15, -0.1) is 16.8 Å². The molecule has 1 aromatic carbocycles. The Morgan fingerprint density at radius 1 is 1.42 bits per heavy atom. The van der Waals surface area contributed by atoms with E-state index in [1.807, 2.05) is 0 Å². The smallest absolute Gasteiger partial charge is 0.237 e. The van der Waals surface area contributed by atoms with Crippen LogP contribution in [-0.2, 0) is 4.79 Å². The molecule has 0 saturated carbocycles. The lowest BCUT2D eigenvalue weighted by atomic mass is 10.1. The van der Waals surface area contributed by atoms with Crippen molar-refractivity contribution >= 4 is 45.6 Å². The zero-order valence-corrected chi connectivity index (χ0v) is 15.0. The number of ketones is 1. The third-order valence-electron chi connectivity index (χ3n) is 2.99. The monoisotopic (exact) mass is 362 g/mol. The molecule has 1 amide bonds. The summed E-state index contributed by atoms with van der Waals surface area (Å²) in [5, 5.41) is 14.3. The van der Waals surface area contributed by atoms with Gasteiger partial charge in [0.15, 0.2) is 10.1 Å². The van der Waals surface area contributed by atoms with Crippen LogP contribution in [0.2, 0.25) is 0 Å². The van der Waals surface area contributed by atoms with Gasteiger partial charge in [-0.25, -0.2) is 0 Å². The van der Waals surface area contributed by atoms with Gasteiger partial charge in [-0.3, -0.25) is 9.59 Å². The molecule has 0 aliphatic rings. The Labute approximate surface area is 148 Å². The van der Waals surface area contributed by atoms with E-state index in [0.717, 1.165) is 0 Å². The summed E-state index contributed by atoms with van der Waals surface area (Å²) < 4.78 is 0.710. The number of hydrogen-bond donors (Lipinski definition) is 2. The van der Waals surface area contributed by atoms with E-state index < -0.39 is 0 Å². The molecule has 0 saturated heterocycles. The van der Waals surface area contributed by atoms with Crippen molar-refractivity contribution in [3.8, 4) is 0 Å². The van der Waals surface area contributed by atoms with Crippen molar-refractivity contribution in [2.24, 2.45) is 0 Å². The summed E-state index contributed by atoms with van der Waals surface area (Å²) in [6.45, 7) is 7.53. The van der Waals surface area contributed by atoms with E-state index in [9.17, 15) is 9.59 Å². The number of nitrogens with zero attached hydrogens (tertiary/aromatic N) is 2. The van der Waals surface area contributed by atoms with E-state index >= 15 is 0 Å². The average Bonchev–Trinajstić information content (AvgIpc) is 3.00. The minimum atomic E-state index is -0.341. The van der Waals surface area contributed by atoms with Crippen LogP contribution in [0, 0.1) is 0 Å². The number of rotatable bonds is 8. The first kappa shape index (κ1) is 18.2. The van der Waals surface area contributed by atoms with Crippen LogP contribution in [-0.4, -0.2) is 33.7 Å². The summed E-state index contributed by atoms with van der Waals surface area (Å²) in [4.78, 5) is 23.7. The Morgan fingerprint density at radius 3 is 2.92 bits per heavy atom. The van der Waals surface area contributed by atoms with Gasteiger partial charge in [0.2, 0.25) is 11.0 Å². The van der Waals surface area contributed by atoms with Crippen LogP contribution in [0.5, 0.6) is 0 Å². The molecular formula is C16H18N4O2S2. The summed E-state index contributed by atoms with van der Waals surface area (Å²) in [6, 6.07) is 6.88. The van der Waals surface area contributed by atoms with E-state index in [0.29, 0.717) is 27.3 Å². The summed E-state index contributed by atoms with van der Waals surface area (Å²) >= 11 is 2.72. The first-order valence-corrected chi connectivity index (χ1v) is 8.96. The van der Waals surface area contributed by atoms with Gasteiger partial charge in [0.25, 0.3) is 0 Å². The fraction of sp³-hybridized carbons (Fsp3) is 0.250. The number of Topliss-reactive ketones (excluding diaryl/α,β-unsaturated/α-hetero) is 1. The molecule has 1 heterocycles. The summed E-state index contributed by atoms with van der Waals surface area (Å²) in [7, 11) is 0. The fourth-order valence-electron chi connectivity index (χ4n) is 1.75. The molecule has 2 aromatic rings. The number of carbonyl (C=O) groups is 2. The highest BCUT2D eigenvalue weighted by molar-refractivity contribution is 8.02. The lowest BCUT2D eigenvalue weighted by Crippen LogP contribution is -2.22. The molecule has 0 bridgehead atoms. The third kappa shape index (κ3) is 5.17. The molecule has 6 nitrogen and oxygen atoms in total. The van der Waals surface area contributed by atoms with Crippen LogP contribution in [0.15, 0.2) is 41.3 Å². The molecule has 126 valence electrons.